The van der Waals surface area contributed by atoms with Gasteiger partial charge in [0.15, 0.2) is 0 Å². The molecule has 1 aliphatic rings. The maximum absolute atomic E-state index is 13.5. The quantitative estimate of drug-likeness (QED) is 0.390. The van der Waals surface area contributed by atoms with Crippen LogP contribution in [0.1, 0.15) is 18.9 Å². The van der Waals surface area contributed by atoms with Gasteiger partial charge in [-0.15, -0.1) is 0 Å². The van der Waals surface area contributed by atoms with Gasteiger partial charge in [0.25, 0.3) is 10.0 Å². The summed E-state index contributed by atoms with van der Waals surface area (Å²) in [6.07, 6.45) is -4.14. The summed E-state index contributed by atoms with van der Waals surface area (Å²) in [5.41, 5.74) is -1.87. The molecule has 1 heterocycles. The smallest absolute Gasteiger partial charge is 0.419 e. The van der Waals surface area contributed by atoms with E-state index in [2.05, 4.69) is 10.0 Å². The molecule has 0 spiro atoms. The van der Waals surface area contributed by atoms with Crippen molar-refractivity contribution in [3.63, 3.8) is 0 Å². The molecule has 1 fully saturated rings. The summed E-state index contributed by atoms with van der Waals surface area (Å²) in [5.74, 6) is 0.333. The third kappa shape index (κ3) is 6.01. The zero-order valence-electron chi connectivity index (χ0n) is 18.5. The normalized spacial score (nSPS) is 18.3. The molecule has 3 aromatic rings. The predicted molar refractivity (Wildman–Crippen MR) is 127 cm³/mol. The van der Waals surface area contributed by atoms with Crippen LogP contribution in [0.2, 0.25) is 5.02 Å². The maximum atomic E-state index is 13.5. The van der Waals surface area contributed by atoms with Crippen molar-refractivity contribution in [3.05, 3.63) is 77.3 Å². The van der Waals surface area contributed by atoms with Gasteiger partial charge < -0.3 is 14.8 Å². The molecular weight excluding hydrogens is 505 g/mol. The van der Waals surface area contributed by atoms with Gasteiger partial charge in [-0.25, -0.2) is 8.42 Å². The highest BCUT2D eigenvalue weighted by Gasteiger charge is 2.38. The summed E-state index contributed by atoms with van der Waals surface area (Å²) in [5, 5.41) is 3.45. The van der Waals surface area contributed by atoms with Crippen LogP contribution in [0.25, 0.3) is 0 Å². The molecule has 0 radical (unpaired) electrons. The highest BCUT2D eigenvalue weighted by Crippen LogP contribution is 2.40. The zero-order valence-corrected chi connectivity index (χ0v) is 20.1. The van der Waals surface area contributed by atoms with Gasteiger partial charge in [0, 0.05) is 19.0 Å². The van der Waals surface area contributed by atoms with E-state index in [-0.39, 0.29) is 10.6 Å². The lowest BCUT2D eigenvalue weighted by atomic mass is 10.1. The fourth-order valence-electron chi connectivity index (χ4n) is 3.61. The second-order valence-electron chi connectivity index (χ2n) is 8.30. The molecule has 3 aromatic carbocycles. The number of para-hydroxylation sites is 1. The van der Waals surface area contributed by atoms with E-state index in [1.165, 1.54) is 24.3 Å². The molecule has 0 aliphatic carbocycles. The van der Waals surface area contributed by atoms with Crippen molar-refractivity contribution in [2.24, 2.45) is 0 Å². The van der Waals surface area contributed by atoms with Crippen LogP contribution in [0.5, 0.6) is 17.2 Å². The van der Waals surface area contributed by atoms with E-state index in [1.807, 2.05) is 0 Å². The average Bonchev–Trinajstić information content (AvgIpc) is 3.20. The molecular formula is C24H22ClF3N2O4S. The van der Waals surface area contributed by atoms with Gasteiger partial charge >= 0.3 is 6.18 Å². The number of alkyl halides is 3. The van der Waals surface area contributed by atoms with Gasteiger partial charge in [-0.2, -0.15) is 13.2 Å². The first-order valence-electron chi connectivity index (χ1n) is 10.6. The van der Waals surface area contributed by atoms with Crippen LogP contribution in [0.15, 0.2) is 71.6 Å². The average molecular weight is 527 g/mol. The molecule has 0 saturated carbocycles. The van der Waals surface area contributed by atoms with Gasteiger partial charge in [-0.1, -0.05) is 23.7 Å². The van der Waals surface area contributed by atoms with Crippen molar-refractivity contribution in [3.8, 4) is 17.2 Å². The molecule has 1 atom stereocenters. The van der Waals surface area contributed by atoms with Crippen LogP contribution in [-0.4, -0.2) is 27.1 Å². The Labute approximate surface area is 206 Å². The molecule has 2 N–H and O–H groups in total. The van der Waals surface area contributed by atoms with Gasteiger partial charge in [0.1, 0.15) is 22.8 Å². The highest BCUT2D eigenvalue weighted by atomic mass is 35.5. The summed E-state index contributed by atoms with van der Waals surface area (Å²) < 4.78 is 80.1. The van der Waals surface area contributed by atoms with Crippen LogP contribution >= 0.6 is 11.6 Å². The summed E-state index contributed by atoms with van der Waals surface area (Å²) >= 11 is 6.07. The van der Waals surface area contributed by atoms with Crippen molar-refractivity contribution in [2.45, 2.75) is 30.0 Å². The third-order valence-electron chi connectivity index (χ3n) is 5.42. The predicted octanol–water partition coefficient (Wildman–Crippen LogP) is 6.08. The molecule has 4 rings (SSSR count). The Balaban J connectivity index is 1.55. The molecule has 6 nitrogen and oxygen atoms in total. The van der Waals surface area contributed by atoms with Crippen LogP contribution in [0, 0.1) is 0 Å². The zero-order chi connectivity index (χ0) is 25.3. The van der Waals surface area contributed by atoms with Crippen LogP contribution in [-0.2, 0) is 16.2 Å². The number of benzene rings is 3. The van der Waals surface area contributed by atoms with E-state index in [0.29, 0.717) is 36.0 Å². The van der Waals surface area contributed by atoms with Gasteiger partial charge in [-0.05, 0) is 62.0 Å². The Hall–Kier alpha value is -2.95. The van der Waals surface area contributed by atoms with Crippen LogP contribution < -0.4 is 19.5 Å². The van der Waals surface area contributed by atoms with E-state index in [1.54, 1.807) is 31.2 Å². The van der Waals surface area contributed by atoms with Crippen molar-refractivity contribution >= 4 is 27.3 Å². The SMILES string of the molecule is C[C@@]1(Oc2cc(NS(=O)(=O)c3ccc(Oc4ccccc4Cl)cc3)ccc2C(F)(F)F)CCNC1. The molecule has 1 aliphatic heterocycles. The Bertz CT molecular complexity index is 1310. The van der Waals surface area contributed by atoms with E-state index < -0.39 is 33.1 Å². The monoisotopic (exact) mass is 526 g/mol. The summed E-state index contributed by atoms with van der Waals surface area (Å²) in [4.78, 5) is -0.0988. The largest absolute Gasteiger partial charge is 0.485 e. The summed E-state index contributed by atoms with van der Waals surface area (Å²) in [7, 11) is -4.10. The Morgan fingerprint density at radius 3 is 2.37 bits per heavy atom. The lowest BCUT2D eigenvalue weighted by molar-refractivity contribution is -0.139. The number of sulfonamides is 1. The van der Waals surface area contributed by atoms with E-state index >= 15 is 0 Å². The highest BCUT2D eigenvalue weighted by molar-refractivity contribution is 7.92. The topological polar surface area (TPSA) is 76.7 Å². The first kappa shape index (κ1) is 25.2. The molecule has 0 bridgehead atoms. The minimum atomic E-state index is -4.66. The summed E-state index contributed by atoms with van der Waals surface area (Å²) in [6, 6.07) is 15.3. The second-order valence-corrected chi connectivity index (χ2v) is 10.4. The Morgan fingerprint density at radius 2 is 1.74 bits per heavy atom. The van der Waals surface area contributed by atoms with Crippen LogP contribution in [0.4, 0.5) is 18.9 Å². The fraction of sp³-hybridized carbons (Fsp3) is 0.250. The number of halogens is 4. The molecule has 1 saturated heterocycles. The van der Waals surface area contributed by atoms with Crippen molar-refractivity contribution in [1.82, 2.24) is 5.32 Å². The molecule has 0 unspecified atom stereocenters. The molecule has 0 amide bonds. The van der Waals surface area contributed by atoms with Gasteiger partial charge in [0.05, 0.1) is 21.2 Å². The second kappa shape index (κ2) is 9.60. The minimum Gasteiger partial charge on any atom is -0.485 e. The Morgan fingerprint density at radius 1 is 1.03 bits per heavy atom. The number of ether oxygens (including phenoxy) is 2. The Kier molecular flexibility index (Phi) is 6.90. The first-order valence-corrected chi connectivity index (χ1v) is 12.5. The van der Waals surface area contributed by atoms with Crippen molar-refractivity contribution < 1.29 is 31.1 Å². The van der Waals surface area contributed by atoms with E-state index in [4.69, 9.17) is 21.1 Å². The summed E-state index contributed by atoms with van der Waals surface area (Å²) in [6.45, 7) is 2.69. The van der Waals surface area contributed by atoms with E-state index in [0.717, 1.165) is 18.2 Å². The van der Waals surface area contributed by atoms with Crippen molar-refractivity contribution in [1.29, 1.82) is 0 Å². The minimum absolute atomic E-state index is 0.0565. The number of nitrogens with one attached hydrogen (secondary N) is 2. The lowest BCUT2D eigenvalue weighted by Gasteiger charge is -2.27. The molecule has 11 heteroatoms. The molecule has 186 valence electrons. The molecule has 0 aromatic heterocycles. The first-order chi connectivity index (χ1) is 16.5. The van der Waals surface area contributed by atoms with Gasteiger partial charge in [0.2, 0.25) is 0 Å². The standard InChI is InChI=1S/C24H22ClF3N2O4S/c1-23(12-13-29-15-23)34-22-14-16(6-11-19(22)24(26,27)28)30-35(31,32)18-9-7-17(8-10-18)33-21-5-3-2-4-20(21)25/h2-11,14,29-30H,12-13,15H2,1H3/t23-/m1/s1. The maximum Gasteiger partial charge on any atom is 0.419 e. The number of rotatable bonds is 7. The van der Waals surface area contributed by atoms with Crippen LogP contribution in [0.3, 0.4) is 0 Å². The fourth-order valence-corrected chi connectivity index (χ4v) is 4.83. The van der Waals surface area contributed by atoms with Crippen molar-refractivity contribution in [2.75, 3.05) is 17.8 Å². The molecule has 35 heavy (non-hydrogen) atoms. The number of hydrogen-bond acceptors (Lipinski definition) is 5. The number of anilines is 1. The number of hydrogen-bond donors (Lipinski definition) is 2. The third-order valence-corrected chi connectivity index (χ3v) is 7.13. The lowest BCUT2D eigenvalue weighted by Crippen LogP contribution is -2.35. The van der Waals surface area contributed by atoms with Gasteiger partial charge in [-0.3, -0.25) is 4.72 Å². The van der Waals surface area contributed by atoms with E-state index in [9.17, 15) is 21.6 Å².